The Kier molecular flexibility index (Phi) is 6.06. The third kappa shape index (κ3) is 4.78. The van der Waals surface area contributed by atoms with E-state index in [-0.39, 0.29) is 6.10 Å². The Morgan fingerprint density at radius 1 is 1.12 bits per heavy atom. The Hall–Kier alpha value is -1.02. The van der Waals surface area contributed by atoms with E-state index >= 15 is 0 Å². The summed E-state index contributed by atoms with van der Waals surface area (Å²) in [5.74, 6) is 1.01. The molecule has 0 saturated heterocycles. The Balaban J connectivity index is 2.64. The minimum absolute atomic E-state index is 0.278. The molecule has 96 valence electrons. The molecule has 0 aliphatic carbocycles. The van der Waals surface area contributed by atoms with Gasteiger partial charge in [-0.15, -0.1) is 0 Å². The first-order valence-corrected chi connectivity index (χ1v) is 6.65. The van der Waals surface area contributed by atoms with Crippen LogP contribution in [0.5, 0.6) is 5.75 Å². The van der Waals surface area contributed by atoms with Gasteiger partial charge in [-0.3, -0.25) is 0 Å². The van der Waals surface area contributed by atoms with Crippen LogP contribution < -0.4 is 10.1 Å². The maximum absolute atomic E-state index is 5.92. The highest BCUT2D eigenvalue weighted by Gasteiger charge is 2.07. The average Bonchev–Trinajstić information content (AvgIpc) is 2.37. The fourth-order valence-corrected chi connectivity index (χ4v) is 1.49. The molecule has 0 aliphatic heterocycles. The molecule has 17 heavy (non-hydrogen) atoms. The van der Waals surface area contributed by atoms with Gasteiger partial charge in [0.25, 0.3) is 0 Å². The van der Waals surface area contributed by atoms with Gasteiger partial charge in [-0.1, -0.05) is 32.0 Å². The first kappa shape index (κ1) is 14.0. The van der Waals surface area contributed by atoms with E-state index in [9.17, 15) is 0 Å². The van der Waals surface area contributed by atoms with Crippen LogP contribution in [0, 0.1) is 0 Å². The fourth-order valence-electron chi connectivity index (χ4n) is 1.49. The number of ether oxygens (including phenoxy) is 1. The molecule has 1 aromatic rings. The van der Waals surface area contributed by atoms with Crippen molar-refractivity contribution in [3.63, 3.8) is 0 Å². The largest absolute Gasteiger partial charge is 0.490 e. The van der Waals surface area contributed by atoms with Crippen LogP contribution in [0.3, 0.4) is 0 Å². The quantitative estimate of drug-likeness (QED) is 0.777. The molecule has 1 rings (SSSR count). The number of hydrogen-bond donors (Lipinski definition) is 1. The molecule has 0 aromatic heterocycles. The van der Waals surface area contributed by atoms with Crippen molar-refractivity contribution in [1.29, 1.82) is 0 Å². The van der Waals surface area contributed by atoms with Gasteiger partial charge in [-0.2, -0.15) is 0 Å². The van der Waals surface area contributed by atoms with Gasteiger partial charge in [0.15, 0.2) is 0 Å². The predicted molar refractivity (Wildman–Crippen MR) is 73.4 cm³/mol. The zero-order valence-corrected chi connectivity index (χ0v) is 11.5. The van der Waals surface area contributed by atoms with E-state index in [4.69, 9.17) is 4.74 Å². The monoisotopic (exact) mass is 235 g/mol. The van der Waals surface area contributed by atoms with Crippen LogP contribution >= 0.6 is 0 Å². The van der Waals surface area contributed by atoms with Crippen molar-refractivity contribution in [1.82, 2.24) is 5.32 Å². The molecule has 2 nitrogen and oxygen atoms in total. The maximum Gasteiger partial charge on any atom is 0.124 e. The van der Waals surface area contributed by atoms with Gasteiger partial charge in [0, 0.05) is 18.2 Å². The topological polar surface area (TPSA) is 21.3 Å². The van der Waals surface area contributed by atoms with Crippen molar-refractivity contribution in [2.75, 3.05) is 0 Å². The third-order valence-corrected chi connectivity index (χ3v) is 3.13. The van der Waals surface area contributed by atoms with Gasteiger partial charge in [0.1, 0.15) is 5.75 Å². The van der Waals surface area contributed by atoms with Crippen LogP contribution in [-0.2, 0) is 6.54 Å². The molecule has 2 heteroatoms. The average molecular weight is 235 g/mol. The van der Waals surface area contributed by atoms with E-state index in [0.29, 0.717) is 6.04 Å². The first-order valence-electron chi connectivity index (χ1n) is 6.65. The van der Waals surface area contributed by atoms with Crippen molar-refractivity contribution in [2.24, 2.45) is 0 Å². The van der Waals surface area contributed by atoms with Crippen molar-refractivity contribution in [3.8, 4) is 5.75 Å². The standard InChI is InChI=1S/C15H25NO/c1-5-12(3)16-11-14-9-7-8-10-15(14)17-13(4)6-2/h7-10,12-13,16H,5-6,11H2,1-4H3/t12-,13-/m1/s1. The van der Waals surface area contributed by atoms with E-state index in [2.05, 4.69) is 51.2 Å². The molecule has 0 amide bonds. The molecule has 0 saturated carbocycles. The lowest BCUT2D eigenvalue weighted by atomic mass is 10.1. The van der Waals surface area contributed by atoms with Crippen LogP contribution in [0.1, 0.15) is 46.1 Å². The van der Waals surface area contributed by atoms with E-state index < -0.39 is 0 Å². The minimum atomic E-state index is 0.278. The number of hydrogen-bond acceptors (Lipinski definition) is 2. The lowest BCUT2D eigenvalue weighted by Gasteiger charge is -2.17. The molecule has 1 N–H and O–H groups in total. The number of benzene rings is 1. The second-order valence-corrected chi connectivity index (χ2v) is 4.63. The summed E-state index contributed by atoms with van der Waals surface area (Å²) in [5, 5.41) is 3.50. The fraction of sp³-hybridized carbons (Fsp3) is 0.600. The van der Waals surface area contributed by atoms with Gasteiger partial charge in [0.05, 0.1) is 6.10 Å². The molecule has 0 heterocycles. The van der Waals surface area contributed by atoms with Gasteiger partial charge < -0.3 is 10.1 Å². The summed E-state index contributed by atoms with van der Waals surface area (Å²) < 4.78 is 5.92. The molecule has 0 radical (unpaired) electrons. The van der Waals surface area contributed by atoms with Gasteiger partial charge in [-0.25, -0.2) is 0 Å². The summed E-state index contributed by atoms with van der Waals surface area (Å²) in [7, 11) is 0. The number of rotatable bonds is 7. The Morgan fingerprint density at radius 2 is 1.82 bits per heavy atom. The van der Waals surface area contributed by atoms with Gasteiger partial charge >= 0.3 is 0 Å². The zero-order chi connectivity index (χ0) is 12.7. The molecule has 0 fully saturated rings. The van der Waals surface area contributed by atoms with Crippen LogP contribution in [0.25, 0.3) is 0 Å². The van der Waals surface area contributed by atoms with Crippen LogP contribution in [0.4, 0.5) is 0 Å². The summed E-state index contributed by atoms with van der Waals surface area (Å²) in [6.45, 7) is 9.53. The highest BCUT2D eigenvalue weighted by atomic mass is 16.5. The first-order chi connectivity index (χ1) is 8.17. The summed E-state index contributed by atoms with van der Waals surface area (Å²) >= 11 is 0. The Labute approximate surface area is 105 Å². The highest BCUT2D eigenvalue weighted by Crippen LogP contribution is 2.20. The summed E-state index contributed by atoms with van der Waals surface area (Å²) in [6, 6.07) is 8.83. The van der Waals surface area contributed by atoms with Crippen LogP contribution in [0.15, 0.2) is 24.3 Å². The van der Waals surface area contributed by atoms with Crippen molar-refractivity contribution < 1.29 is 4.74 Å². The minimum Gasteiger partial charge on any atom is -0.490 e. The molecule has 0 spiro atoms. The zero-order valence-electron chi connectivity index (χ0n) is 11.5. The smallest absolute Gasteiger partial charge is 0.124 e. The normalized spacial score (nSPS) is 14.4. The molecule has 2 atom stereocenters. The number of nitrogens with one attached hydrogen (secondary N) is 1. The van der Waals surface area contributed by atoms with E-state index in [1.807, 2.05) is 6.07 Å². The third-order valence-electron chi connectivity index (χ3n) is 3.13. The summed E-state index contributed by atoms with van der Waals surface area (Å²) in [5.41, 5.74) is 1.24. The second kappa shape index (κ2) is 7.33. The summed E-state index contributed by atoms with van der Waals surface area (Å²) in [6.07, 6.45) is 2.46. The predicted octanol–water partition coefficient (Wildman–Crippen LogP) is 3.75. The highest BCUT2D eigenvalue weighted by molar-refractivity contribution is 5.33. The molecule has 0 unspecified atom stereocenters. The van der Waals surface area contributed by atoms with Gasteiger partial charge in [0.2, 0.25) is 0 Å². The second-order valence-electron chi connectivity index (χ2n) is 4.63. The Morgan fingerprint density at radius 3 is 2.47 bits per heavy atom. The van der Waals surface area contributed by atoms with Crippen LogP contribution in [-0.4, -0.2) is 12.1 Å². The maximum atomic E-state index is 5.92. The van der Waals surface area contributed by atoms with Crippen molar-refractivity contribution in [3.05, 3.63) is 29.8 Å². The van der Waals surface area contributed by atoms with E-state index in [0.717, 1.165) is 25.1 Å². The lowest BCUT2D eigenvalue weighted by molar-refractivity contribution is 0.214. The molecular formula is C15H25NO. The van der Waals surface area contributed by atoms with Crippen molar-refractivity contribution in [2.45, 2.75) is 59.2 Å². The molecular weight excluding hydrogens is 210 g/mol. The van der Waals surface area contributed by atoms with E-state index in [1.54, 1.807) is 0 Å². The van der Waals surface area contributed by atoms with Crippen LogP contribution in [0.2, 0.25) is 0 Å². The van der Waals surface area contributed by atoms with E-state index in [1.165, 1.54) is 5.56 Å². The Bertz CT molecular complexity index is 324. The summed E-state index contributed by atoms with van der Waals surface area (Å²) in [4.78, 5) is 0. The number of para-hydroxylation sites is 1. The molecule has 0 bridgehead atoms. The van der Waals surface area contributed by atoms with Gasteiger partial charge in [-0.05, 0) is 32.8 Å². The SMILES string of the molecule is CC[C@@H](C)NCc1ccccc1O[C@H](C)CC. The molecule has 0 aliphatic rings. The molecule has 1 aromatic carbocycles. The lowest BCUT2D eigenvalue weighted by Crippen LogP contribution is -2.25. The van der Waals surface area contributed by atoms with Crippen molar-refractivity contribution >= 4 is 0 Å².